The standard InChI is InChI=1S/C19H17FN2O4/c1-2-24-16-10-6-4-8-14(16)19-21-17(26-22-19)12-25-18(23)11-13-7-3-5-9-15(13)20/h3-10H,2,11-12H2,1H3. The number of benzene rings is 2. The monoisotopic (exact) mass is 356 g/mol. The number of hydrogen-bond donors (Lipinski definition) is 0. The molecule has 0 radical (unpaired) electrons. The van der Waals surface area contributed by atoms with E-state index in [1.165, 1.54) is 12.1 Å². The van der Waals surface area contributed by atoms with E-state index in [0.29, 0.717) is 23.7 Å². The highest BCUT2D eigenvalue weighted by atomic mass is 19.1. The average Bonchev–Trinajstić information content (AvgIpc) is 3.12. The van der Waals surface area contributed by atoms with Crippen LogP contribution in [0.5, 0.6) is 5.75 Å². The SMILES string of the molecule is CCOc1ccccc1-c1noc(COC(=O)Cc2ccccc2F)n1. The number of aromatic nitrogens is 2. The Bertz CT molecular complexity index is 895. The Morgan fingerprint density at radius 3 is 2.73 bits per heavy atom. The van der Waals surface area contributed by atoms with Crippen molar-refractivity contribution >= 4 is 5.97 Å². The van der Waals surface area contributed by atoms with Crippen molar-refractivity contribution in [3.8, 4) is 17.1 Å². The van der Waals surface area contributed by atoms with Crippen LogP contribution in [0.2, 0.25) is 0 Å². The van der Waals surface area contributed by atoms with E-state index in [-0.39, 0.29) is 24.5 Å². The number of halogens is 1. The number of carbonyl (C=O) groups is 1. The van der Waals surface area contributed by atoms with Crippen LogP contribution >= 0.6 is 0 Å². The largest absolute Gasteiger partial charge is 0.493 e. The van der Waals surface area contributed by atoms with Crippen molar-refractivity contribution in [1.29, 1.82) is 0 Å². The third-order valence-electron chi connectivity index (χ3n) is 3.55. The molecular weight excluding hydrogens is 339 g/mol. The van der Waals surface area contributed by atoms with Crippen LogP contribution in [0.3, 0.4) is 0 Å². The highest BCUT2D eigenvalue weighted by Crippen LogP contribution is 2.27. The third-order valence-corrected chi connectivity index (χ3v) is 3.55. The van der Waals surface area contributed by atoms with Crippen LogP contribution in [0.15, 0.2) is 53.1 Å². The molecule has 0 fully saturated rings. The van der Waals surface area contributed by atoms with Crippen molar-refractivity contribution < 1.29 is 23.2 Å². The summed E-state index contributed by atoms with van der Waals surface area (Å²) in [5.41, 5.74) is 0.955. The predicted octanol–water partition coefficient (Wildman–Crippen LogP) is 3.56. The summed E-state index contributed by atoms with van der Waals surface area (Å²) in [6, 6.07) is 13.3. The van der Waals surface area contributed by atoms with Gasteiger partial charge in [-0.25, -0.2) is 4.39 Å². The van der Waals surface area contributed by atoms with Gasteiger partial charge in [0.25, 0.3) is 5.89 Å². The molecule has 0 unspecified atom stereocenters. The maximum atomic E-state index is 13.5. The first kappa shape index (κ1) is 17.6. The highest BCUT2D eigenvalue weighted by Gasteiger charge is 2.15. The zero-order chi connectivity index (χ0) is 18.4. The van der Waals surface area contributed by atoms with E-state index in [4.69, 9.17) is 14.0 Å². The highest BCUT2D eigenvalue weighted by molar-refractivity contribution is 5.72. The molecule has 0 aliphatic heterocycles. The molecule has 0 saturated carbocycles. The van der Waals surface area contributed by atoms with Crippen molar-refractivity contribution in [2.24, 2.45) is 0 Å². The molecule has 2 aromatic carbocycles. The Balaban J connectivity index is 1.62. The molecule has 134 valence electrons. The lowest BCUT2D eigenvalue weighted by atomic mass is 10.1. The first-order valence-corrected chi connectivity index (χ1v) is 8.11. The summed E-state index contributed by atoms with van der Waals surface area (Å²) in [5, 5.41) is 3.89. The molecule has 0 saturated heterocycles. The van der Waals surface area contributed by atoms with Crippen molar-refractivity contribution in [1.82, 2.24) is 10.1 Å². The van der Waals surface area contributed by atoms with Crippen LogP contribution in [0.25, 0.3) is 11.4 Å². The molecule has 0 atom stereocenters. The second kappa shape index (κ2) is 8.24. The molecule has 26 heavy (non-hydrogen) atoms. The van der Waals surface area contributed by atoms with Crippen molar-refractivity contribution in [2.45, 2.75) is 20.0 Å². The first-order chi connectivity index (χ1) is 12.7. The molecule has 1 aromatic heterocycles. The molecule has 0 bridgehead atoms. The van der Waals surface area contributed by atoms with Gasteiger partial charge in [-0.15, -0.1) is 0 Å². The fourth-order valence-electron chi connectivity index (χ4n) is 2.35. The van der Waals surface area contributed by atoms with E-state index in [1.54, 1.807) is 12.1 Å². The molecule has 0 spiro atoms. The van der Waals surface area contributed by atoms with Crippen LogP contribution in [-0.4, -0.2) is 22.7 Å². The second-order valence-electron chi connectivity index (χ2n) is 5.37. The lowest BCUT2D eigenvalue weighted by Gasteiger charge is -2.06. The van der Waals surface area contributed by atoms with Gasteiger partial charge in [-0.3, -0.25) is 4.79 Å². The minimum absolute atomic E-state index is 0.146. The van der Waals surface area contributed by atoms with Gasteiger partial charge in [0, 0.05) is 0 Å². The molecule has 6 nitrogen and oxygen atoms in total. The molecular formula is C19H17FN2O4. The van der Waals surface area contributed by atoms with E-state index in [1.807, 2.05) is 31.2 Å². The smallest absolute Gasteiger partial charge is 0.310 e. The minimum atomic E-state index is -0.579. The average molecular weight is 356 g/mol. The number of carbonyl (C=O) groups excluding carboxylic acids is 1. The van der Waals surface area contributed by atoms with E-state index in [2.05, 4.69) is 10.1 Å². The Labute approximate surface area is 149 Å². The summed E-state index contributed by atoms with van der Waals surface area (Å²) in [7, 11) is 0. The van der Waals surface area contributed by atoms with Crippen molar-refractivity contribution in [3.63, 3.8) is 0 Å². The molecule has 0 amide bonds. The van der Waals surface area contributed by atoms with Gasteiger partial charge in [0.2, 0.25) is 5.82 Å². The van der Waals surface area contributed by atoms with Gasteiger partial charge in [-0.2, -0.15) is 4.98 Å². The van der Waals surface area contributed by atoms with Gasteiger partial charge in [-0.05, 0) is 30.7 Å². The van der Waals surface area contributed by atoms with Crippen molar-refractivity contribution in [2.75, 3.05) is 6.61 Å². The maximum Gasteiger partial charge on any atom is 0.310 e. The van der Waals surface area contributed by atoms with E-state index >= 15 is 0 Å². The van der Waals surface area contributed by atoms with Gasteiger partial charge in [0.1, 0.15) is 11.6 Å². The van der Waals surface area contributed by atoms with E-state index in [9.17, 15) is 9.18 Å². The van der Waals surface area contributed by atoms with Crippen LogP contribution in [0, 0.1) is 5.82 Å². The van der Waals surface area contributed by atoms with Gasteiger partial charge < -0.3 is 14.0 Å². The zero-order valence-electron chi connectivity index (χ0n) is 14.1. The van der Waals surface area contributed by atoms with Gasteiger partial charge >= 0.3 is 5.97 Å². The minimum Gasteiger partial charge on any atom is -0.493 e. The molecule has 3 rings (SSSR count). The summed E-state index contributed by atoms with van der Waals surface area (Å²) >= 11 is 0. The Morgan fingerprint density at radius 2 is 1.92 bits per heavy atom. The molecule has 0 N–H and O–H groups in total. The summed E-state index contributed by atoms with van der Waals surface area (Å²) in [6.45, 7) is 2.21. The lowest BCUT2D eigenvalue weighted by Crippen LogP contribution is -2.09. The van der Waals surface area contributed by atoms with Gasteiger partial charge in [0.15, 0.2) is 6.61 Å². The Morgan fingerprint density at radius 1 is 1.15 bits per heavy atom. The van der Waals surface area contributed by atoms with Crippen LogP contribution < -0.4 is 4.74 Å². The predicted molar refractivity (Wildman–Crippen MR) is 90.8 cm³/mol. The van der Waals surface area contributed by atoms with E-state index in [0.717, 1.165) is 0 Å². The molecule has 0 aliphatic rings. The Hall–Kier alpha value is -3.22. The number of esters is 1. The lowest BCUT2D eigenvalue weighted by molar-refractivity contribution is -0.144. The van der Waals surface area contributed by atoms with Crippen LogP contribution in [0.1, 0.15) is 18.4 Å². The molecule has 7 heteroatoms. The number of para-hydroxylation sites is 1. The maximum absolute atomic E-state index is 13.5. The number of nitrogens with zero attached hydrogens (tertiary/aromatic N) is 2. The second-order valence-corrected chi connectivity index (χ2v) is 5.37. The Kier molecular flexibility index (Phi) is 5.58. The fourth-order valence-corrected chi connectivity index (χ4v) is 2.35. The zero-order valence-corrected chi connectivity index (χ0v) is 14.1. The van der Waals surface area contributed by atoms with Crippen LogP contribution in [0.4, 0.5) is 4.39 Å². The summed E-state index contributed by atoms with van der Waals surface area (Å²) in [5.74, 6) is 0.0999. The van der Waals surface area contributed by atoms with E-state index < -0.39 is 11.8 Å². The van der Waals surface area contributed by atoms with Gasteiger partial charge in [0.05, 0.1) is 18.6 Å². The topological polar surface area (TPSA) is 74.5 Å². The first-order valence-electron chi connectivity index (χ1n) is 8.11. The normalized spacial score (nSPS) is 10.5. The van der Waals surface area contributed by atoms with Crippen LogP contribution in [-0.2, 0) is 22.6 Å². The summed E-state index contributed by atoms with van der Waals surface area (Å²) in [4.78, 5) is 16.1. The molecule has 1 heterocycles. The molecule has 3 aromatic rings. The fraction of sp³-hybridized carbons (Fsp3) is 0.211. The number of hydrogen-bond acceptors (Lipinski definition) is 6. The summed E-state index contributed by atoms with van der Waals surface area (Å²) < 4.78 is 29.3. The van der Waals surface area contributed by atoms with Gasteiger partial charge in [-0.1, -0.05) is 35.5 Å². The quantitative estimate of drug-likeness (QED) is 0.603. The number of rotatable bonds is 7. The number of ether oxygens (including phenoxy) is 2. The third kappa shape index (κ3) is 4.24. The summed E-state index contributed by atoms with van der Waals surface area (Å²) in [6.07, 6.45) is -0.166. The molecule has 0 aliphatic carbocycles. The van der Waals surface area contributed by atoms with Crippen molar-refractivity contribution in [3.05, 3.63) is 65.8 Å².